The number of rotatable bonds is 6. The number of carboxylic acids is 1. The van der Waals surface area contributed by atoms with Gasteiger partial charge in [0.1, 0.15) is 0 Å². The van der Waals surface area contributed by atoms with Gasteiger partial charge in [-0.2, -0.15) is 0 Å². The molecule has 3 aromatic rings. The molecule has 0 bridgehead atoms. The molecule has 0 saturated heterocycles. The highest BCUT2D eigenvalue weighted by Gasteiger charge is 2.38. The van der Waals surface area contributed by atoms with Crippen molar-refractivity contribution in [3.05, 3.63) is 75.4 Å². The zero-order valence-electron chi connectivity index (χ0n) is 20.7. The fraction of sp³-hybridized carbons (Fsp3) is 0.379. The van der Waals surface area contributed by atoms with Crippen LogP contribution in [0.25, 0.3) is 22.4 Å². The van der Waals surface area contributed by atoms with Gasteiger partial charge in [0.15, 0.2) is 6.10 Å². The van der Waals surface area contributed by atoms with E-state index in [1.165, 1.54) is 11.1 Å². The van der Waals surface area contributed by atoms with Crippen LogP contribution in [-0.2, 0) is 9.53 Å². The number of hydrogen-bond donors (Lipinski definition) is 1. The van der Waals surface area contributed by atoms with Gasteiger partial charge < -0.3 is 9.84 Å². The first-order chi connectivity index (χ1) is 16.0. The lowest BCUT2D eigenvalue weighted by Gasteiger charge is -2.29. The molecule has 178 valence electrons. The van der Waals surface area contributed by atoms with Crippen LogP contribution >= 0.6 is 11.6 Å². The van der Waals surface area contributed by atoms with E-state index in [2.05, 4.69) is 32.0 Å². The topological polar surface area (TPSA) is 59.4 Å². The van der Waals surface area contributed by atoms with E-state index in [4.69, 9.17) is 21.3 Å². The number of nitrogens with zero attached hydrogens (tertiary/aromatic N) is 1. The first kappa shape index (κ1) is 24.4. The molecule has 1 saturated carbocycles. The zero-order chi connectivity index (χ0) is 24.8. The molecule has 0 aliphatic heterocycles. The predicted octanol–water partition coefficient (Wildman–Crippen LogP) is 7.81. The van der Waals surface area contributed by atoms with Gasteiger partial charge in [0.25, 0.3) is 0 Å². The summed E-state index contributed by atoms with van der Waals surface area (Å²) in [7, 11) is 0. The molecule has 0 radical (unpaired) electrons. The molecule has 5 heteroatoms. The van der Waals surface area contributed by atoms with Crippen LogP contribution in [0.15, 0.2) is 42.5 Å². The van der Waals surface area contributed by atoms with Gasteiger partial charge in [-0.05, 0) is 100 Å². The number of halogens is 1. The largest absolute Gasteiger partial charge is 0.479 e. The lowest BCUT2D eigenvalue weighted by Crippen LogP contribution is -2.29. The van der Waals surface area contributed by atoms with E-state index in [0.717, 1.165) is 46.5 Å². The minimum Gasteiger partial charge on any atom is -0.479 e. The quantitative estimate of drug-likeness (QED) is 0.393. The van der Waals surface area contributed by atoms with Crippen LogP contribution in [0.3, 0.4) is 0 Å². The van der Waals surface area contributed by atoms with Crippen molar-refractivity contribution in [3.63, 3.8) is 0 Å². The minimum atomic E-state index is -1.12. The highest BCUT2D eigenvalue weighted by molar-refractivity contribution is 6.30. The number of aryl methyl sites for hydroxylation is 2. The molecule has 2 aromatic carbocycles. The first-order valence-corrected chi connectivity index (χ1v) is 12.1. The Labute approximate surface area is 207 Å². The molecule has 1 fully saturated rings. The van der Waals surface area contributed by atoms with Crippen LogP contribution in [0.4, 0.5) is 0 Å². The Hall–Kier alpha value is -2.69. The molecule has 34 heavy (non-hydrogen) atoms. The number of ether oxygens (including phenoxy) is 1. The number of carbonyl (C=O) groups is 1. The number of carboxylic acid groups (broad SMARTS) is 1. The van der Waals surface area contributed by atoms with Crippen LogP contribution in [0.1, 0.15) is 73.6 Å². The van der Waals surface area contributed by atoms with E-state index in [1.54, 1.807) is 0 Å². The molecular weight excluding hydrogens is 446 g/mol. The van der Waals surface area contributed by atoms with Gasteiger partial charge in [0, 0.05) is 22.1 Å². The average Bonchev–Trinajstić information content (AvgIpc) is 3.59. The molecule has 1 unspecified atom stereocenters. The molecule has 0 amide bonds. The molecule has 1 aromatic heterocycles. The molecule has 4 rings (SSSR count). The summed E-state index contributed by atoms with van der Waals surface area (Å²) in [5, 5.41) is 10.9. The molecule has 1 aliphatic carbocycles. The minimum absolute atomic E-state index is 0.234. The maximum Gasteiger partial charge on any atom is 0.337 e. The number of hydrogen-bond acceptors (Lipinski definition) is 3. The normalized spacial score (nSPS) is 14.8. The Morgan fingerprint density at radius 3 is 2.18 bits per heavy atom. The van der Waals surface area contributed by atoms with E-state index in [-0.39, 0.29) is 5.92 Å². The molecule has 1 atom stereocenters. The summed E-state index contributed by atoms with van der Waals surface area (Å²) in [4.78, 5) is 17.7. The maximum atomic E-state index is 12.6. The Bertz CT molecular complexity index is 1240. The summed E-state index contributed by atoms with van der Waals surface area (Å²) in [6, 6.07) is 13.9. The van der Waals surface area contributed by atoms with E-state index >= 15 is 0 Å². The summed E-state index contributed by atoms with van der Waals surface area (Å²) < 4.78 is 6.16. The third-order valence-electron chi connectivity index (χ3n) is 6.34. The summed E-state index contributed by atoms with van der Waals surface area (Å²) >= 11 is 6.20. The molecule has 1 N–H and O–H groups in total. The number of aliphatic carboxylic acids is 1. The highest BCUT2D eigenvalue weighted by Crippen LogP contribution is 2.48. The monoisotopic (exact) mass is 477 g/mol. The summed E-state index contributed by atoms with van der Waals surface area (Å²) in [5.74, 6) is -0.774. The van der Waals surface area contributed by atoms with Crippen molar-refractivity contribution in [1.82, 2.24) is 4.98 Å². The Morgan fingerprint density at radius 1 is 1.03 bits per heavy atom. The van der Waals surface area contributed by atoms with Gasteiger partial charge in [0.2, 0.25) is 0 Å². The van der Waals surface area contributed by atoms with Gasteiger partial charge in [-0.15, -0.1) is 0 Å². The van der Waals surface area contributed by atoms with E-state index in [0.29, 0.717) is 10.6 Å². The van der Waals surface area contributed by atoms with E-state index in [9.17, 15) is 9.90 Å². The van der Waals surface area contributed by atoms with Gasteiger partial charge in [0.05, 0.1) is 17.0 Å². The summed E-state index contributed by atoms with van der Waals surface area (Å²) in [6.45, 7) is 11.9. The van der Waals surface area contributed by atoms with Crippen molar-refractivity contribution in [2.24, 2.45) is 0 Å². The number of aromatic nitrogens is 1. The van der Waals surface area contributed by atoms with Crippen molar-refractivity contribution in [1.29, 1.82) is 0 Å². The Balaban J connectivity index is 2.06. The number of benzene rings is 2. The first-order valence-electron chi connectivity index (χ1n) is 11.7. The average molecular weight is 478 g/mol. The fourth-order valence-corrected chi connectivity index (χ4v) is 4.52. The second-order valence-corrected chi connectivity index (χ2v) is 10.7. The van der Waals surface area contributed by atoms with Crippen LogP contribution in [0, 0.1) is 20.8 Å². The maximum absolute atomic E-state index is 12.6. The SMILES string of the molecule is Cc1ccc(-c2nc(C3CC3)c(C(OC(C)(C)C)C(=O)O)c(-c3ccc(Cl)cc3)c2C)cc1C. The molecule has 0 spiro atoms. The van der Waals surface area contributed by atoms with Gasteiger partial charge in [-0.25, -0.2) is 4.79 Å². The highest BCUT2D eigenvalue weighted by atomic mass is 35.5. The second kappa shape index (κ2) is 9.16. The molecule has 4 nitrogen and oxygen atoms in total. The second-order valence-electron chi connectivity index (χ2n) is 10.3. The van der Waals surface area contributed by atoms with Crippen molar-refractivity contribution in [2.45, 2.75) is 72.0 Å². The van der Waals surface area contributed by atoms with Crippen LogP contribution < -0.4 is 0 Å². The lowest BCUT2D eigenvalue weighted by molar-refractivity contribution is -0.160. The van der Waals surface area contributed by atoms with E-state index < -0.39 is 17.7 Å². The van der Waals surface area contributed by atoms with Gasteiger partial charge in [-0.3, -0.25) is 4.98 Å². The zero-order valence-corrected chi connectivity index (χ0v) is 21.5. The predicted molar refractivity (Wildman–Crippen MR) is 138 cm³/mol. The van der Waals surface area contributed by atoms with Crippen LogP contribution in [0.2, 0.25) is 5.02 Å². The van der Waals surface area contributed by atoms with Crippen molar-refractivity contribution < 1.29 is 14.6 Å². The molecule has 1 heterocycles. The molecule has 1 aliphatic rings. The van der Waals surface area contributed by atoms with Crippen LogP contribution in [0.5, 0.6) is 0 Å². The fourth-order valence-electron chi connectivity index (χ4n) is 4.39. The number of pyridine rings is 1. The van der Waals surface area contributed by atoms with Gasteiger partial charge >= 0.3 is 5.97 Å². The molecular formula is C29H32ClNO3. The van der Waals surface area contributed by atoms with Crippen molar-refractivity contribution in [3.8, 4) is 22.4 Å². The van der Waals surface area contributed by atoms with Crippen molar-refractivity contribution >= 4 is 17.6 Å². The standard InChI is InChI=1S/C29H32ClNO3/c1-16-7-8-21(15-17(16)2)25-18(3)23(19-11-13-22(30)14-12-19)24(26(31-25)20-9-10-20)27(28(32)33)34-29(4,5)6/h7-8,11-15,20,27H,9-10H2,1-6H3,(H,32,33). The lowest BCUT2D eigenvalue weighted by atomic mass is 9.87. The Kier molecular flexibility index (Phi) is 6.58. The van der Waals surface area contributed by atoms with Crippen LogP contribution in [-0.4, -0.2) is 21.7 Å². The summed E-state index contributed by atoms with van der Waals surface area (Å²) in [6.07, 6.45) is 0.871. The van der Waals surface area contributed by atoms with E-state index in [1.807, 2.05) is 52.0 Å². The summed E-state index contributed by atoms with van der Waals surface area (Å²) in [5.41, 5.74) is 7.93. The van der Waals surface area contributed by atoms with Crippen molar-refractivity contribution in [2.75, 3.05) is 0 Å². The third kappa shape index (κ3) is 5.03. The third-order valence-corrected chi connectivity index (χ3v) is 6.59. The Morgan fingerprint density at radius 2 is 1.65 bits per heavy atom. The van der Waals surface area contributed by atoms with Gasteiger partial charge in [-0.1, -0.05) is 35.9 Å². The smallest absolute Gasteiger partial charge is 0.337 e.